The number of nitrogens with one attached hydrogen (secondary N) is 2. The van der Waals surface area contributed by atoms with Crippen molar-refractivity contribution < 1.29 is 22.7 Å². The molecule has 0 atom stereocenters. The fourth-order valence-electron chi connectivity index (χ4n) is 2.69. The molecule has 0 bridgehead atoms. The normalized spacial score (nSPS) is 11.2. The largest absolute Gasteiger partial charge is 0.490 e. The van der Waals surface area contributed by atoms with E-state index in [-0.39, 0.29) is 16.0 Å². The molecule has 0 spiro atoms. The predicted molar refractivity (Wildman–Crippen MR) is 122 cm³/mol. The fourth-order valence-corrected chi connectivity index (χ4v) is 4.64. The maximum absolute atomic E-state index is 12.6. The van der Waals surface area contributed by atoms with Crippen molar-refractivity contribution in [2.75, 3.05) is 18.5 Å². The van der Waals surface area contributed by atoms with Gasteiger partial charge in [0.25, 0.3) is 15.9 Å². The number of anilines is 1. The number of aromatic nitrogens is 2. The number of benzene rings is 2. The monoisotopic (exact) mass is 476 g/mol. The number of ether oxygens (including phenoxy) is 2. The van der Waals surface area contributed by atoms with E-state index in [0.717, 1.165) is 16.9 Å². The highest BCUT2D eigenvalue weighted by Gasteiger charge is 2.21. The molecule has 0 saturated heterocycles. The van der Waals surface area contributed by atoms with Gasteiger partial charge in [-0.1, -0.05) is 35.1 Å². The van der Waals surface area contributed by atoms with Crippen LogP contribution in [0.3, 0.4) is 0 Å². The van der Waals surface area contributed by atoms with Crippen molar-refractivity contribution in [1.29, 1.82) is 0 Å². The Kier molecular flexibility index (Phi) is 7.78. The van der Waals surface area contributed by atoms with E-state index in [1.165, 1.54) is 0 Å². The number of nitrogens with zero attached hydrogens (tertiary/aromatic N) is 2. The third kappa shape index (κ3) is 6.02. The highest BCUT2D eigenvalue weighted by Crippen LogP contribution is 2.29. The van der Waals surface area contributed by atoms with E-state index >= 15 is 0 Å². The van der Waals surface area contributed by atoms with Crippen LogP contribution < -0.4 is 19.5 Å². The molecule has 1 heterocycles. The molecule has 3 rings (SSSR count). The number of aryl methyl sites for hydroxylation is 1. The first-order chi connectivity index (χ1) is 15.3. The SMILES string of the molecule is CCOc1ccc(CNS(=O)(=O)c2nnc(NC(=O)c3ccc(C)cc3)s2)cc1OCC. The number of rotatable bonds is 10. The minimum atomic E-state index is -3.92. The summed E-state index contributed by atoms with van der Waals surface area (Å²) in [6, 6.07) is 12.2. The Morgan fingerprint density at radius 2 is 1.69 bits per heavy atom. The maximum atomic E-state index is 12.6. The average molecular weight is 477 g/mol. The lowest BCUT2D eigenvalue weighted by Crippen LogP contribution is -2.23. The van der Waals surface area contributed by atoms with E-state index in [4.69, 9.17) is 9.47 Å². The quantitative estimate of drug-likeness (QED) is 0.431. The van der Waals surface area contributed by atoms with Gasteiger partial charge in [0.1, 0.15) is 0 Å². The van der Waals surface area contributed by atoms with Crippen molar-refractivity contribution >= 4 is 32.4 Å². The van der Waals surface area contributed by atoms with Crippen molar-refractivity contribution in [3.63, 3.8) is 0 Å². The molecule has 2 aromatic carbocycles. The Balaban J connectivity index is 1.66. The summed E-state index contributed by atoms with van der Waals surface area (Å²) in [5.41, 5.74) is 2.16. The van der Waals surface area contributed by atoms with Crippen molar-refractivity contribution in [2.45, 2.75) is 31.7 Å². The number of carbonyl (C=O) groups is 1. The maximum Gasteiger partial charge on any atom is 0.270 e. The van der Waals surface area contributed by atoms with Crippen molar-refractivity contribution in [3.05, 3.63) is 59.2 Å². The molecular formula is C21H24N4O5S2. The minimum absolute atomic E-state index is 0.0272. The van der Waals surface area contributed by atoms with Gasteiger partial charge in [0.05, 0.1) is 13.2 Å². The van der Waals surface area contributed by atoms with Crippen LogP contribution in [0.1, 0.15) is 35.3 Å². The van der Waals surface area contributed by atoms with Crippen LogP contribution in [0.5, 0.6) is 11.5 Å². The van der Waals surface area contributed by atoms with Gasteiger partial charge in [0.15, 0.2) is 11.5 Å². The second-order valence-electron chi connectivity index (χ2n) is 6.66. The van der Waals surface area contributed by atoms with Crippen LogP contribution in [0.15, 0.2) is 46.8 Å². The number of carbonyl (C=O) groups excluding carboxylic acids is 1. The number of hydrogen-bond donors (Lipinski definition) is 2. The summed E-state index contributed by atoms with van der Waals surface area (Å²) in [6.45, 7) is 6.62. The number of amides is 1. The summed E-state index contributed by atoms with van der Waals surface area (Å²) in [5, 5.41) is 10.1. The molecule has 1 aromatic heterocycles. The van der Waals surface area contributed by atoms with E-state index in [1.807, 2.05) is 32.9 Å². The molecule has 0 saturated carbocycles. The number of sulfonamides is 1. The number of hydrogen-bond acceptors (Lipinski definition) is 8. The van der Waals surface area contributed by atoms with Crippen molar-refractivity contribution in [1.82, 2.24) is 14.9 Å². The van der Waals surface area contributed by atoms with Crippen LogP contribution in [0.2, 0.25) is 0 Å². The van der Waals surface area contributed by atoms with Crippen LogP contribution in [-0.4, -0.2) is 37.7 Å². The molecule has 0 aliphatic heterocycles. The molecule has 11 heteroatoms. The molecule has 9 nitrogen and oxygen atoms in total. The molecule has 0 aliphatic rings. The lowest BCUT2D eigenvalue weighted by Gasteiger charge is -2.12. The van der Waals surface area contributed by atoms with Gasteiger partial charge in [0.2, 0.25) is 9.47 Å². The van der Waals surface area contributed by atoms with Crippen LogP contribution >= 0.6 is 11.3 Å². The van der Waals surface area contributed by atoms with Crippen LogP contribution in [0.25, 0.3) is 0 Å². The van der Waals surface area contributed by atoms with Gasteiger partial charge in [-0.25, -0.2) is 13.1 Å². The zero-order valence-electron chi connectivity index (χ0n) is 17.9. The highest BCUT2D eigenvalue weighted by molar-refractivity contribution is 7.91. The summed E-state index contributed by atoms with van der Waals surface area (Å²) < 4.78 is 38.6. The molecule has 3 aromatic rings. The van der Waals surface area contributed by atoms with E-state index in [0.29, 0.717) is 35.8 Å². The van der Waals surface area contributed by atoms with Gasteiger partial charge in [-0.2, -0.15) is 0 Å². The molecule has 0 unspecified atom stereocenters. The van der Waals surface area contributed by atoms with Gasteiger partial charge >= 0.3 is 0 Å². The zero-order valence-corrected chi connectivity index (χ0v) is 19.5. The molecule has 0 radical (unpaired) electrons. The summed E-state index contributed by atoms with van der Waals surface area (Å²) >= 11 is 0.772. The summed E-state index contributed by atoms with van der Waals surface area (Å²) in [5.74, 6) is 0.748. The summed E-state index contributed by atoms with van der Waals surface area (Å²) in [4.78, 5) is 12.3. The predicted octanol–water partition coefficient (Wildman–Crippen LogP) is 3.37. The molecule has 1 amide bonds. The standard InChI is InChI=1S/C21H24N4O5S2/c1-4-29-17-11-8-15(12-18(17)30-5-2)13-22-32(27,28)21-25-24-20(31-21)23-19(26)16-9-6-14(3)7-10-16/h6-12,22H,4-5,13H2,1-3H3,(H,23,24,26). The lowest BCUT2D eigenvalue weighted by atomic mass is 10.1. The molecule has 2 N–H and O–H groups in total. The molecular weight excluding hydrogens is 452 g/mol. The van der Waals surface area contributed by atoms with Crippen molar-refractivity contribution in [2.24, 2.45) is 0 Å². The lowest BCUT2D eigenvalue weighted by molar-refractivity contribution is 0.102. The van der Waals surface area contributed by atoms with Crippen LogP contribution in [0, 0.1) is 6.92 Å². The first-order valence-electron chi connectivity index (χ1n) is 9.92. The van der Waals surface area contributed by atoms with Crippen LogP contribution in [-0.2, 0) is 16.6 Å². The average Bonchev–Trinajstić information content (AvgIpc) is 3.24. The Morgan fingerprint density at radius 1 is 1.00 bits per heavy atom. The molecule has 32 heavy (non-hydrogen) atoms. The van der Waals surface area contributed by atoms with Gasteiger partial charge < -0.3 is 9.47 Å². The first-order valence-corrected chi connectivity index (χ1v) is 12.2. The van der Waals surface area contributed by atoms with Crippen molar-refractivity contribution in [3.8, 4) is 11.5 Å². The van der Waals surface area contributed by atoms with E-state index in [1.54, 1.807) is 30.3 Å². The van der Waals surface area contributed by atoms with Gasteiger partial charge in [-0.05, 0) is 50.6 Å². The second kappa shape index (κ2) is 10.5. The Bertz CT molecular complexity index is 1180. The third-order valence-corrected chi connectivity index (χ3v) is 6.85. The Morgan fingerprint density at radius 3 is 2.38 bits per heavy atom. The van der Waals surface area contributed by atoms with E-state index in [2.05, 4.69) is 20.2 Å². The Labute approximate surface area is 190 Å². The topological polar surface area (TPSA) is 120 Å². The summed E-state index contributed by atoms with van der Waals surface area (Å²) in [7, 11) is -3.92. The van der Waals surface area contributed by atoms with Gasteiger partial charge in [-0.3, -0.25) is 10.1 Å². The molecule has 0 fully saturated rings. The fraction of sp³-hybridized carbons (Fsp3) is 0.286. The van der Waals surface area contributed by atoms with E-state index in [9.17, 15) is 13.2 Å². The Hall–Kier alpha value is -3.02. The zero-order chi connectivity index (χ0) is 23.1. The van der Waals surface area contributed by atoms with Gasteiger partial charge in [-0.15, -0.1) is 10.2 Å². The minimum Gasteiger partial charge on any atom is -0.490 e. The van der Waals surface area contributed by atoms with Crippen LogP contribution in [0.4, 0.5) is 5.13 Å². The first kappa shape index (κ1) is 23.6. The van der Waals surface area contributed by atoms with E-state index < -0.39 is 15.9 Å². The van der Waals surface area contributed by atoms with Gasteiger partial charge in [0, 0.05) is 12.1 Å². The second-order valence-corrected chi connectivity index (χ2v) is 9.58. The smallest absolute Gasteiger partial charge is 0.270 e. The molecule has 0 aliphatic carbocycles. The summed E-state index contributed by atoms with van der Waals surface area (Å²) in [6.07, 6.45) is 0. The molecule has 170 valence electrons. The highest BCUT2D eigenvalue weighted by atomic mass is 32.2. The third-order valence-electron chi connectivity index (χ3n) is 4.24.